The second kappa shape index (κ2) is 6.86. The first-order chi connectivity index (χ1) is 9.22. The molecule has 1 aromatic rings. The lowest BCUT2D eigenvalue weighted by Gasteiger charge is -2.24. The number of thiazole rings is 1. The molecule has 0 bridgehead atoms. The summed E-state index contributed by atoms with van der Waals surface area (Å²) in [5, 5.41) is 6.13. The molecule has 1 aliphatic rings. The van der Waals surface area contributed by atoms with Gasteiger partial charge in [0.15, 0.2) is 5.13 Å². The second-order valence-electron chi connectivity index (χ2n) is 4.94. The minimum Gasteiger partial charge on any atom is -0.346 e. The van der Waals surface area contributed by atoms with Crippen molar-refractivity contribution in [1.82, 2.24) is 15.2 Å². The Balaban J connectivity index is 1.91. The lowest BCUT2D eigenvalue weighted by molar-refractivity contribution is -0.134. The summed E-state index contributed by atoms with van der Waals surface area (Å²) < 4.78 is 0. The van der Waals surface area contributed by atoms with Crippen LogP contribution < -0.4 is 10.2 Å². The summed E-state index contributed by atoms with van der Waals surface area (Å²) in [6, 6.07) is 0. The van der Waals surface area contributed by atoms with Crippen molar-refractivity contribution in [2.75, 3.05) is 44.7 Å². The van der Waals surface area contributed by atoms with E-state index in [-0.39, 0.29) is 11.8 Å². The van der Waals surface area contributed by atoms with Crippen LogP contribution in [-0.2, 0) is 4.79 Å². The number of hydrogen-bond donors (Lipinski definition) is 1. The summed E-state index contributed by atoms with van der Waals surface area (Å²) in [6.07, 6.45) is 2.85. The first kappa shape index (κ1) is 14.3. The Bertz CT molecular complexity index is 395. The molecular weight excluding hydrogens is 260 g/mol. The van der Waals surface area contributed by atoms with Crippen LogP contribution in [-0.4, -0.2) is 55.6 Å². The molecule has 1 amide bonds. The molecule has 1 aromatic heterocycles. The molecule has 6 heteroatoms. The van der Waals surface area contributed by atoms with Gasteiger partial charge >= 0.3 is 0 Å². The molecule has 0 radical (unpaired) electrons. The number of nitrogens with zero attached hydrogens (tertiary/aromatic N) is 3. The van der Waals surface area contributed by atoms with E-state index in [0.29, 0.717) is 0 Å². The molecule has 0 spiro atoms. The number of nitrogens with one attached hydrogen (secondary N) is 1. The predicted molar refractivity (Wildman–Crippen MR) is 78.6 cm³/mol. The third-order valence-electron chi connectivity index (χ3n) is 3.43. The third-order valence-corrected chi connectivity index (χ3v) is 4.26. The van der Waals surface area contributed by atoms with Gasteiger partial charge in [0.2, 0.25) is 5.91 Å². The van der Waals surface area contributed by atoms with Crippen LogP contribution in [0.3, 0.4) is 0 Å². The molecule has 5 nitrogen and oxygen atoms in total. The first-order valence-corrected chi connectivity index (χ1v) is 7.68. The Hall–Kier alpha value is -1.14. The van der Waals surface area contributed by atoms with Crippen molar-refractivity contribution >= 4 is 22.4 Å². The van der Waals surface area contributed by atoms with Crippen LogP contribution >= 0.6 is 11.3 Å². The Morgan fingerprint density at radius 2 is 2.32 bits per heavy atom. The standard InChI is InChI=1S/C13H22N4OS/c1-11(10-14-2)12(18)16-5-3-6-17(8-7-16)13-15-4-9-19-13/h4,9,11,14H,3,5-8,10H2,1-2H3. The van der Waals surface area contributed by atoms with E-state index < -0.39 is 0 Å². The van der Waals surface area contributed by atoms with Gasteiger partial charge in [-0.15, -0.1) is 11.3 Å². The van der Waals surface area contributed by atoms with Crippen LogP contribution in [0.25, 0.3) is 0 Å². The van der Waals surface area contributed by atoms with E-state index in [1.54, 1.807) is 11.3 Å². The SMILES string of the molecule is CNCC(C)C(=O)N1CCCN(c2nccs2)CC1. The quantitative estimate of drug-likeness (QED) is 0.896. The van der Waals surface area contributed by atoms with Crippen LogP contribution in [0.5, 0.6) is 0 Å². The Morgan fingerprint density at radius 3 is 3.00 bits per heavy atom. The molecule has 2 rings (SSSR count). The van der Waals surface area contributed by atoms with Crippen LogP contribution in [0.4, 0.5) is 5.13 Å². The smallest absolute Gasteiger partial charge is 0.226 e. The van der Waals surface area contributed by atoms with Gasteiger partial charge < -0.3 is 15.1 Å². The largest absolute Gasteiger partial charge is 0.346 e. The van der Waals surface area contributed by atoms with Gasteiger partial charge in [-0.05, 0) is 13.5 Å². The summed E-state index contributed by atoms with van der Waals surface area (Å²) in [5.74, 6) is 0.312. The fraction of sp³-hybridized carbons (Fsp3) is 0.692. The monoisotopic (exact) mass is 282 g/mol. The lowest BCUT2D eigenvalue weighted by Crippen LogP contribution is -2.40. The molecule has 0 aliphatic carbocycles. The highest BCUT2D eigenvalue weighted by Crippen LogP contribution is 2.19. The van der Waals surface area contributed by atoms with Gasteiger partial charge in [0, 0.05) is 50.2 Å². The van der Waals surface area contributed by atoms with Crippen molar-refractivity contribution < 1.29 is 4.79 Å². The summed E-state index contributed by atoms with van der Waals surface area (Å²) in [4.78, 5) is 20.9. The highest BCUT2D eigenvalue weighted by molar-refractivity contribution is 7.13. The molecule has 106 valence electrons. The number of amides is 1. The molecule has 1 unspecified atom stereocenters. The maximum Gasteiger partial charge on any atom is 0.226 e. The van der Waals surface area contributed by atoms with Gasteiger partial charge in [0.05, 0.1) is 0 Å². The van der Waals surface area contributed by atoms with Gasteiger partial charge in [-0.25, -0.2) is 4.98 Å². The molecule has 1 N–H and O–H groups in total. The van der Waals surface area contributed by atoms with Crippen molar-refractivity contribution in [3.05, 3.63) is 11.6 Å². The molecule has 0 saturated carbocycles. The fourth-order valence-corrected chi connectivity index (χ4v) is 3.10. The number of hydrogen-bond acceptors (Lipinski definition) is 5. The number of anilines is 1. The number of carbonyl (C=O) groups is 1. The maximum absolute atomic E-state index is 12.3. The zero-order valence-electron chi connectivity index (χ0n) is 11.6. The average Bonchev–Trinajstić information content (AvgIpc) is 2.83. The minimum atomic E-state index is 0.0522. The van der Waals surface area contributed by atoms with E-state index in [1.807, 2.05) is 30.4 Å². The lowest BCUT2D eigenvalue weighted by atomic mass is 10.1. The topological polar surface area (TPSA) is 48.5 Å². The molecule has 19 heavy (non-hydrogen) atoms. The van der Waals surface area contributed by atoms with Crippen LogP contribution in [0.15, 0.2) is 11.6 Å². The van der Waals surface area contributed by atoms with Gasteiger partial charge in [0.1, 0.15) is 0 Å². The summed E-state index contributed by atoms with van der Waals surface area (Å²) >= 11 is 1.66. The second-order valence-corrected chi connectivity index (χ2v) is 5.81. The van der Waals surface area contributed by atoms with Crippen molar-refractivity contribution in [2.24, 2.45) is 5.92 Å². The Morgan fingerprint density at radius 1 is 1.47 bits per heavy atom. The van der Waals surface area contributed by atoms with E-state index in [0.717, 1.165) is 44.3 Å². The molecule has 1 saturated heterocycles. The van der Waals surface area contributed by atoms with Gasteiger partial charge in [-0.2, -0.15) is 0 Å². The Labute approximate surface area is 118 Å². The summed E-state index contributed by atoms with van der Waals surface area (Å²) in [6.45, 7) is 6.25. The van der Waals surface area contributed by atoms with Crippen LogP contribution in [0.2, 0.25) is 0 Å². The summed E-state index contributed by atoms with van der Waals surface area (Å²) in [7, 11) is 1.89. The van der Waals surface area contributed by atoms with Crippen LogP contribution in [0, 0.1) is 5.92 Å². The van der Waals surface area contributed by atoms with Crippen molar-refractivity contribution in [3.8, 4) is 0 Å². The maximum atomic E-state index is 12.3. The first-order valence-electron chi connectivity index (χ1n) is 6.80. The molecule has 1 aliphatic heterocycles. The van der Waals surface area contributed by atoms with E-state index >= 15 is 0 Å². The molecule has 1 fully saturated rings. The number of carbonyl (C=O) groups excluding carboxylic acids is 1. The highest BCUT2D eigenvalue weighted by atomic mass is 32.1. The van der Waals surface area contributed by atoms with E-state index in [9.17, 15) is 4.79 Å². The van der Waals surface area contributed by atoms with Crippen molar-refractivity contribution in [3.63, 3.8) is 0 Å². The van der Waals surface area contributed by atoms with Crippen molar-refractivity contribution in [1.29, 1.82) is 0 Å². The molecule has 1 atom stereocenters. The zero-order chi connectivity index (χ0) is 13.7. The zero-order valence-corrected chi connectivity index (χ0v) is 12.4. The number of rotatable bonds is 4. The van der Waals surface area contributed by atoms with Crippen molar-refractivity contribution in [2.45, 2.75) is 13.3 Å². The molecular formula is C13H22N4OS. The van der Waals surface area contributed by atoms with E-state index in [2.05, 4.69) is 15.2 Å². The average molecular weight is 282 g/mol. The van der Waals surface area contributed by atoms with Gasteiger partial charge in [0.25, 0.3) is 0 Å². The number of aromatic nitrogens is 1. The Kier molecular flexibility index (Phi) is 5.15. The summed E-state index contributed by atoms with van der Waals surface area (Å²) in [5.41, 5.74) is 0. The van der Waals surface area contributed by atoms with E-state index in [1.165, 1.54) is 0 Å². The van der Waals surface area contributed by atoms with Crippen LogP contribution in [0.1, 0.15) is 13.3 Å². The highest BCUT2D eigenvalue weighted by Gasteiger charge is 2.23. The van der Waals surface area contributed by atoms with E-state index in [4.69, 9.17) is 0 Å². The normalized spacial score (nSPS) is 18.2. The molecule has 0 aromatic carbocycles. The minimum absolute atomic E-state index is 0.0522. The van der Waals surface area contributed by atoms with Gasteiger partial charge in [-0.3, -0.25) is 4.79 Å². The fourth-order valence-electron chi connectivity index (χ4n) is 2.41. The van der Waals surface area contributed by atoms with Gasteiger partial charge in [-0.1, -0.05) is 6.92 Å². The third kappa shape index (κ3) is 3.67. The molecule has 2 heterocycles. The predicted octanol–water partition coefficient (Wildman–Crippen LogP) is 1.04.